The van der Waals surface area contributed by atoms with Crippen LogP contribution in [0.25, 0.3) is 0 Å². The van der Waals surface area contributed by atoms with Crippen LogP contribution < -0.4 is 14.4 Å². The summed E-state index contributed by atoms with van der Waals surface area (Å²) in [5.74, 6) is 0.418. The summed E-state index contributed by atoms with van der Waals surface area (Å²) in [4.78, 5) is 36.6. The van der Waals surface area contributed by atoms with Crippen molar-refractivity contribution in [3.8, 4) is 11.5 Å². The third-order valence-electron chi connectivity index (χ3n) is 4.06. The number of carbonyl (C=O) groups is 3. The van der Waals surface area contributed by atoms with Crippen molar-refractivity contribution >= 4 is 23.5 Å². The SMILES string of the molecule is COc1ccc(OCCOC(=O)c2ccc(N3C(=O)CCC3=O)cc2)cc1. The number of ether oxygens (including phenoxy) is 3. The molecule has 1 fully saturated rings. The number of esters is 1. The molecule has 0 saturated carbocycles. The van der Waals surface area contributed by atoms with Gasteiger partial charge in [0.15, 0.2) is 0 Å². The molecular formula is C20H19NO6. The van der Waals surface area contributed by atoms with Crippen LogP contribution >= 0.6 is 0 Å². The van der Waals surface area contributed by atoms with Crippen molar-refractivity contribution in [2.24, 2.45) is 0 Å². The zero-order chi connectivity index (χ0) is 19.2. The fraction of sp³-hybridized carbons (Fsp3) is 0.250. The van der Waals surface area contributed by atoms with Crippen LogP contribution in [0.1, 0.15) is 23.2 Å². The summed E-state index contributed by atoms with van der Waals surface area (Å²) < 4.78 is 15.7. The molecule has 0 unspecified atom stereocenters. The van der Waals surface area contributed by atoms with Crippen LogP contribution in [0, 0.1) is 0 Å². The van der Waals surface area contributed by atoms with Gasteiger partial charge in [0.05, 0.1) is 18.4 Å². The third-order valence-corrected chi connectivity index (χ3v) is 4.06. The number of amides is 2. The van der Waals surface area contributed by atoms with Gasteiger partial charge in [-0.3, -0.25) is 14.5 Å². The Labute approximate surface area is 156 Å². The van der Waals surface area contributed by atoms with Gasteiger partial charge in [0.25, 0.3) is 0 Å². The second-order valence-corrected chi connectivity index (χ2v) is 5.83. The first-order valence-electron chi connectivity index (χ1n) is 8.48. The molecule has 7 nitrogen and oxygen atoms in total. The van der Waals surface area contributed by atoms with E-state index in [0.29, 0.717) is 17.0 Å². The maximum absolute atomic E-state index is 12.1. The summed E-state index contributed by atoms with van der Waals surface area (Å²) in [6.45, 7) is 0.308. The lowest BCUT2D eigenvalue weighted by atomic mass is 10.2. The minimum atomic E-state index is -0.501. The zero-order valence-corrected chi connectivity index (χ0v) is 14.8. The predicted molar refractivity (Wildman–Crippen MR) is 96.9 cm³/mol. The van der Waals surface area contributed by atoms with Crippen LogP contribution in [-0.4, -0.2) is 38.1 Å². The van der Waals surface area contributed by atoms with Crippen molar-refractivity contribution in [3.63, 3.8) is 0 Å². The van der Waals surface area contributed by atoms with Gasteiger partial charge in [-0.1, -0.05) is 0 Å². The van der Waals surface area contributed by atoms with E-state index >= 15 is 0 Å². The first-order chi connectivity index (χ1) is 13.1. The van der Waals surface area contributed by atoms with Gasteiger partial charge in [0.1, 0.15) is 24.7 Å². The monoisotopic (exact) mass is 369 g/mol. The molecule has 0 radical (unpaired) electrons. The smallest absolute Gasteiger partial charge is 0.338 e. The molecule has 2 aromatic carbocycles. The fourth-order valence-electron chi connectivity index (χ4n) is 2.66. The van der Waals surface area contributed by atoms with Gasteiger partial charge in [0.2, 0.25) is 11.8 Å². The molecule has 0 aliphatic carbocycles. The van der Waals surface area contributed by atoms with E-state index in [9.17, 15) is 14.4 Å². The maximum Gasteiger partial charge on any atom is 0.338 e. The van der Waals surface area contributed by atoms with Crippen molar-refractivity contribution in [1.29, 1.82) is 0 Å². The first kappa shape index (κ1) is 18.4. The van der Waals surface area contributed by atoms with Crippen LogP contribution in [0.15, 0.2) is 48.5 Å². The van der Waals surface area contributed by atoms with Gasteiger partial charge in [-0.05, 0) is 48.5 Å². The number of methoxy groups -OCH3 is 1. The Morgan fingerprint density at radius 3 is 2.07 bits per heavy atom. The molecule has 1 saturated heterocycles. The first-order valence-corrected chi connectivity index (χ1v) is 8.48. The Hall–Kier alpha value is -3.35. The molecule has 0 aromatic heterocycles. The highest BCUT2D eigenvalue weighted by molar-refractivity contribution is 6.19. The largest absolute Gasteiger partial charge is 0.497 e. The number of carbonyl (C=O) groups excluding carboxylic acids is 3. The van der Waals surface area contributed by atoms with E-state index in [1.54, 1.807) is 43.5 Å². The molecule has 2 amide bonds. The van der Waals surface area contributed by atoms with Gasteiger partial charge >= 0.3 is 5.97 Å². The summed E-state index contributed by atoms with van der Waals surface area (Å²) in [5.41, 5.74) is 0.796. The second kappa shape index (κ2) is 8.35. The highest BCUT2D eigenvalue weighted by atomic mass is 16.6. The number of rotatable bonds is 7. The number of hydrogen-bond acceptors (Lipinski definition) is 6. The molecule has 7 heteroatoms. The van der Waals surface area contributed by atoms with Gasteiger partial charge in [0, 0.05) is 12.8 Å². The van der Waals surface area contributed by atoms with Crippen LogP contribution in [0.2, 0.25) is 0 Å². The topological polar surface area (TPSA) is 82.1 Å². The van der Waals surface area contributed by atoms with Crippen LogP contribution in [0.3, 0.4) is 0 Å². The van der Waals surface area contributed by atoms with Gasteiger partial charge in [-0.25, -0.2) is 4.79 Å². The molecule has 1 aliphatic rings. The maximum atomic E-state index is 12.1. The average Bonchev–Trinajstić information content (AvgIpc) is 3.04. The Bertz CT molecular complexity index is 813. The highest BCUT2D eigenvalue weighted by Gasteiger charge is 2.30. The molecule has 1 heterocycles. The van der Waals surface area contributed by atoms with Crippen molar-refractivity contribution in [1.82, 2.24) is 0 Å². The molecule has 3 rings (SSSR count). The summed E-state index contributed by atoms with van der Waals surface area (Å²) in [7, 11) is 1.59. The quantitative estimate of drug-likeness (QED) is 0.424. The Morgan fingerprint density at radius 2 is 1.48 bits per heavy atom. The number of benzene rings is 2. The Kier molecular flexibility index (Phi) is 5.71. The van der Waals surface area contributed by atoms with E-state index in [1.165, 1.54) is 12.1 Å². The van der Waals surface area contributed by atoms with E-state index in [2.05, 4.69) is 0 Å². The Morgan fingerprint density at radius 1 is 0.889 bits per heavy atom. The molecule has 0 spiro atoms. The lowest BCUT2D eigenvalue weighted by Crippen LogP contribution is -2.28. The summed E-state index contributed by atoms with van der Waals surface area (Å²) in [6, 6.07) is 13.3. The average molecular weight is 369 g/mol. The molecule has 0 N–H and O–H groups in total. The summed E-state index contributed by atoms with van der Waals surface area (Å²) in [6.07, 6.45) is 0.438. The van der Waals surface area contributed by atoms with Crippen molar-refractivity contribution in [2.45, 2.75) is 12.8 Å². The highest BCUT2D eigenvalue weighted by Crippen LogP contribution is 2.23. The number of hydrogen-bond donors (Lipinski definition) is 0. The van der Waals surface area contributed by atoms with Gasteiger partial charge in [-0.2, -0.15) is 0 Å². The summed E-state index contributed by atoms with van der Waals surface area (Å²) in [5, 5.41) is 0. The minimum absolute atomic E-state index is 0.0930. The van der Waals surface area contributed by atoms with E-state index in [1.807, 2.05) is 0 Å². The van der Waals surface area contributed by atoms with Crippen LogP contribution in [0.5, 0.6) is 11.5 Å². The number of nitrogens with zero attached hydrogens (tertiary/aromatic N) is 1. The van der Waals surface area contributed by atoms with Gasteiger partial charge in [-0.15, -0.1) is 0 Å². The predicted octanol–water partition coefficient (Wildman–Crippen LogP) is 2.58. The van der Waals surface area contributed by atoms with Crippen molar-refractivity contribution in [3.05, 3.63) is 54.1 Å². The Balaban J connectivity index is 1.48. The third kappa shape index (κ3) is 4.44. The standard InChI is InChI=1S/C20H19NO6/c1-25-16-6-8-17(9-7-16)26-12-13-27-20(24)14-2-4-15(5-3-14)21-18(22)10-11-19(21)23/h2-9H,10-13H2,1H3. The van der Waals surface area contributed by atoms with E-state index in [0.717, 1.165) is 10.6 Å². The normalized spacial score (nSPS) is 13.6. The fourth-order valence-corrected chi connectivity index (χ4v) is 2.66. The van der Waals surface area contributed by atoms with Crippen molar-refractivity contribution in [2.75, 3.05) is 25.2 Å². The minimum Gasteiger partial charge on any atom is -0.497 e. The second-order valence-electron chi connectivity index (χ2n) is 5.83. The molecular weight excluding hydrogens is 350 g/mol. The molecule has 27 heavy (non-hydrogen) atoms. The molecule has 140 valence electrons. The molecule has 1 aliphatic heterocycles. The molecule has 0 atom stereocenters. The molecule has 0 bridgehead atoms. The molecule has 2 aromatic rings. The van der Waals surface area contributed by atoms with Crippen LogP contribution in [-0.2, 0) is 14.3 Å². The zero-order valence-electron chi connectivity index (χ0n) is 14.8. The number of imide groups is 1. The van der Waals surface area contributed by atoms with Crippen LogP contribution in [0.4, 0.5) is 5.69 Å². The van der Waals surface area contributed by atoms with Crippen molar-refractivity contribution < 1.29 is 28.6 Å². The van der Waals surface area contributed by atoms with E-state index in [-0.39, 0.29) is 37.9 Å². The van der Waals surface area contributed by atoms with E-state index in [4.69, 9.17) is 14.2 Å². The van der Waals surface area contributed by atoms with E-state index < -0.39 is 5.97 Å². The number of anilines is 1. The summed E-state index contributed by atoms with van der Waals surface area (Å²) >= 11 is 0. The lowest BCUT2D eigenvalue weighted by Gasteiger charge is -2.14. The van der Waals surface area contributed by atoms with Gasteiger partial charge < -0.3 is 14.2 Å². The lowest BCUT2D eigenvalue weighted by molar-refractivity contribution is -0.121.